The molecule has 0 heterocycles. The van der Waals surface area contributed by atoms with Crippen molar-refractivity contribution in [2.75, 3.05) is 0 Å². The van der Waals surface area contributed by atoms with E-state index in [0.717, 1.165) is 0 Å². The van der Waals surface area contributed by atoms with E-state index in [2.05, 4.69) is 0 Å². The number of hydrogen-bond donors (Lipinski definition) is 0. The van der Waals surface area contributed by atoms with E-state index in [1.807, 2.05) is 0 Å². The molecule has 0 saturated heterocycles. The molecule has 0 atom stereocenters. The molecule has 0 radical (unpaired) electrons. The third kappa shape index (κ3) is 9310. The third-order valence-electron chi connectivity index (χ3n) is 0. The van der Waals surface area contributed by atoms with Gasteiger partial charge in [-0.2, -0.15) is 0 Å². The molecule has 96 valence electrons. The van der Waals surface area contributed by atoms with Gasteiger partial charge in [0.1, 0.15) is 0 Å². The van der Waals surface area contributed by atoms with Gasteiger partial charge in [0, 0.05) is 0 Å². The van der Waals surface area contributed by atoms with E-state index >= 15 is 0 Å². The summed E-state index contributed by atoms with van der Waals surface area (Å²) in [6, 6.07) is 0. The maximum absolute atomic E-state index is 8.25. The van der Waals surface area contributed by atoms with E-state index in [4.69, 9.17) is 61.3 Å². The molecule has 0 bridgehead atoms. The van der Waals surface area contributed by atoms with Crippen LogP contribution in [0.25, 0.3) is 0 Å². The zero-order chi connectivity index (χ0) is 14.3. The Balaban J connectivity index is -0.0000000150. The van der Waals surface area contributed by atoms with Crippen molar-refractivity contribution in [2.24, 2.45) is 0 Å². The monoisotopic (exact) mass is 340 g/mol. The summed E-state index contributed by atoms with van der Waals surface area (Å²) in [7, 11) is 0. The molecule has 20 heteroatoms. The minimum Gasteiger partial charge on any atom is -0.356 e. The normalized spacial score (nSPS) is 4.80. The molecular weight excluding hydrogens is 340 g/mol. The molecular formula is N4Na4O12. The number of rotatable bonds is 0. The topological polar surface area (TPSA) is 265 Å². The van der Waals surface area contributed by atoms with Gasteiger partial charge in [0.15, 0.2) is 0 Å². The Morgan fingerprint density at radius 1 is 0.350 bits per heavy atom. The van der Waals surface area contributed by atoms with Crippen LogP contribution in [0, 0.1) is 61.3 Å². The Kier molecular flexibility index (Phi) is 106. The van der Waals surface area contributed by atoms with E-state index in [9.17, 15) is 0 Å². The second-order valence-electron chi connectivity index (χ2n) is 0.894. The summed E-state index contributed by atoms with van der Waals surface area (Å²) in [6.07, 6.45) is 0. The van der Waals surface area contributed by atoms with E-state index in [-0.39, 0.29) is 118 Å². The first-order valence-corrected chi connectivity index (χ1v) is 2.19. The minimum absolute atomic E-state index is 0. The molecule has 0 aromatic carbocycles. The van der Waals surface area contributed by atoms with Crippen LogP contribution >= 0.6 is 0 Å². The predicted molar refractivity (Wildman–Crippen MR) is 41.4 cm³/mol. The Bertz CT molecular complexity index is 167. The largest absolute Gasteiger partial charge is 1.00 e. The van der Waals surface area contributed by atoms with Crippen LogP contribution in [0.4, 0.5) is 0 Å². The second kappa shape index (κ2) is 42.7. The summed E-state index contributed by atoms with van der Waals surface area (Å²) in [4.78, 5) is 33.0. The molecule has 0 aliphatic heterocycles. The van der Waals surface area contributed by atoms with Gasteiger partial charge in [-0.3, -0.25) is 0 Å². The summed E-state index contributed by atoms with van der Waals surface area (Å²) in [5, 5.41) is 59.0. The fourth-order valence-electron chi connectivity index (χ4n) is 0. The standard InChI is InChI=1S/4NO3.4Na/c4*2-1(3)4;;;;/q4*-1;4*+1. The predicted octanol–water partition coefficient (Wildman–Crippen LogP) is -12.9. The summed E-state index contributed by atoms with van der Waals surface area (Å²) in [6.45, 7) is 0. The molecule has 0 spiro atoms. The van der Waals surface area contributed by atoms with Crippen LogP contribution in [0.1, 0.15) is 0 Å². The first-order valence-electron chi connectivity index (χ1n) is 2.19. The van der Waals surface area contributed by atoms with Gasteiger partial charge in [-0.25, -0.2) is 0 Å². The molecule has 20 heavy (non-hydrogen) atoms. The van der Waals surface area contributed by atoms with Crippen LogP contribution in [0.3, 0.4) is 0 Å². The van der Waals surface area contributed by atoms with Crippen molar-refractivity contribution >= 4 is 0 Å². The van der Waals surface area contributed by atoms with Gasteiger partial charge in [-0.15, -0.1) is 0 Å². The molecule has 0 amide bonds. The molecule has 0 fully saturated rings. The van der Waals surface area contributed by atoms with Gasteiger partial charge in [-0.1, -0.05) is 0 Å². The molecule has 0 N–H and O–H groups in total. The van der Waals surface area contributed by atoms with Crippen molar-refractivity contribution in [3.8, 4) is 0 Å². The Morgan fingerprint density at radius 3 is 0.350 bits per heavy atom. The van der Waals surface area contributed by atoms with Gasteiger partial charge in [0.05, 0.1) is 20.3 Å². The van der Waals surface area contributed by atoms with Crippen LogP contribution in [-0.2, 0) is 0 Å². The average molecular weight is 340 g/mol. The second-order valence-corrected chi connectivity index (χ2v) is 0.894. The van der Waals surface area contributed by atoms with E-state index in [1.54, 1.807) is 0 Å². The Hall–Kier alpha value is 0.800. The van der Waals surface area contributed by atoms with E-state index in [1.165, 1.54) is 0 Å². The SMILES string of the molecule is O=[N+]([O-])[O-].O=[N+]([O-])[O-].O=[N+]([O-])[O-].O=[N+]([O-])[O-].[Na+].[Na+].[Na+].[Na+]. The van der Waals surface area contributed by atoms with Crippen molar-refractivity contribution in [3.63, 3.8) is 0 Å². The quantitative estimate of drug-likeness (QED) is 0.226. The molecule has 0 aliphatic carbocycles. The van der Waals surface area contributed by atoms with Gasteiger partial charge in [0.2, 0.25) is 0 Å². The summed E-state index contributed by atoms with van der Waals surface area (Å²) < 4.78 is 0. The van der Waals surface area contributed by atoms with Gasteiger partial charge >= 0.3 is 118 Å². The zero-order valence-electron chi connectivity index (χ0n) is 10.7. The zero-order valence-corrected chi connectivity index (χ0v) is 18.7. The summed E-state index contributed by atoms with van der Waals surface area (Å²) in [5.74, 6) is 0. The van der Waals surface area contributed by atoms with Crippen LogP contribution in [0.2, 0.25) is 0 Å². The van der Waals surface area contributed by atoms with Crippen molar-refractivity contribution in [2.45, 2.75) is 0 Å². The maximum Gasteiger partial charge on any atom is 1.00 e. The number of nitrogens with zero attached hydrogens (tertiary/aromatic N) is 4. The summed E-state index contributed by atoms with van der Waals surface area (Å²) >= 11 is 0. The molecule has 16 nitrogen and oxygen atoms in total. The molecule has 0 rings (SSSR count). The fraction of sp³-hybridized carbons (Fsp3) is 0. The van der Waals surface area contributed by atoms with Crippen LogP contribution in [-0.4, -0.2) is 20.3 Å². The third-order valence-corrected chi connectivity index (χ3v) is 0. The Labute approximate surface area is 197 Å². The van der Waals surface area contributed by atoms with Crippen LogP contribution < -0.4 is 118 Å². The fourth-order valence-corrected chi connectivity index (χ4v) is 0. The molecule has 0 saturated carbocycles. The Morgan fingerprint density at radius 2 is 0.350 bits per heavy atom. The summed E-state index contributed by atoms with van der Waals surface area (Å²) in [5.41, 5.74) is 0. The average Bonchev–Trinajstić information content (AvgIpc) is 1.76. The van der Waals surface area contributed by atoms with Crippen molar-refractivity contribution < 1.29 is 139 Å². The van der Waals surface area contributed by atoms with Gasteiger partial charge in [-0.05, 0) is 0 Å². The maximum atomic E-state index is 8.25. The molecule has 0 aliphatic rings. The van der Waals surface area contributed by atoms with Crippen LogP contribution in [0.5, 0.6) is 0 Å². The van der Waals surface area contributed by atoms with E-state index in [0.29, 0.717) is 0 Å². The smallest absolute Gasteiger partial charge is 0.356 e. The first-order chi connectivity index (χ1) is 6.93. The molecule has 0 unspecified atom stereocenters. The van der Waals surface area contributed by atoms with Crippen molar-refractivity contribution in [1.29, 1.82) is 0 Å². The van der Waals surface area contributed by atoms with Gasteiger partial charge < -0.3 is 61.3 Å². The number of hydrogen-bond acceptors (Lipinski definition) is 12. The van der Waals surface area contributed by atoms with Crippen molar-refractivity contribution in [1.82, 2.24) is 0 Å². The van der Waals surface area contributed by atoms with Gasteiger partial charge in [0.25, 0.3) is 0 Å². The first kappa shape index (κ1) is 49.8. The molecule has 0 aromatic rings. The van der Waals surface area contributed by atoms with E-state index < -0.39 is 20.3 Å². The van der Waals surface area contributed by atoms with Crippen molar-refractivity contribution in [3.05, 3.63) is 61.3 Å². The van der Waals surface area contributed by atoms with Crippen LogP contribution in [0.15, 0.2) is 0 Å². The minimum atomic E-state index is -1.75. The molecule has 0 aromatic heterocycles.